The van der Waals surface area contributed by atoms with Gasteiger partial charge in [-0.15, -0.1) is 11.3 Å². The van der Waals surface area contributed by atoms with Gasteiger partial charge in [-0.25, -0.2) is 0 Å². The lowest BCUT2D eigenvalue weighted by atomic mass is 9.91. The first-order valence-corrected chi connectivity index (χ1v) is 7.46. The second-order valence-corrected chi connectivity index (χ2v) is 7.80. The van der Waals surface area contributed by atoms with Crippen LogP contribution in [0.1, 0.15) is 39.5 Å². The first-order chi connectivity index (χ1) is 7.78. The summed E-state index contributed by atoms with van der Waals surface area (Å²) in [5, 5.41) is 3.57. The number of nitrogens with one attached hydrogen (secondary N) is 1. The summed E-state index contributed by atoms with van der Waals surface area (Å²) in [7, 11) is 0. The molecule has 0 aliphatic carbocycles. The fourth-order valence-corrected chi connectivity index (χ4v) is 2.88. The number of thiophene rings is 1. The minimum Gasteiger partial charge on any atom is -0.312 e. The van der Waals surface area contributed by atoms with Crippen molar-refractivity contribution in [2.45, 2.75) is 46.6 Å². The highest BCUT2D eigenvalue weighted by atomic mass is 35.5. The summed E-state index contributed by atoms with van der Waals surface area (Å²) in [6.07, 6.45) is 1.13. The van der Waals surface area contributed by atoms with Gasteiger partial charge < -0.3 is 5.32 Å². The molecule has 0 aromatic carbocycles. The molecule has 0 fully saturated rings. The minimum absolute atomic E-state index is 0.209. The maximum absolute atomic E-state index is 5.95. The summed E-state index contributed by atoms with van der Waals surface area (Å²) in [6.45, 7) is 12.3. The van der Waals surface area contributed by atoms with E-state index in [2.05, 4.69) is 46.0 Å². The third kappa shape index (κ3) is 5.89. The molecule has 1 rings (SSSR count). The van der Waals surface area contributed by atoms with E-state index < -0.39 is 0 Å². The Bertz CT molecular complexity index is 340. The van der Waals surface area contributed by atoms with E-state index in [-0.39, 0.29) is 5.54 Å². The van der Waals surface area contributed by atoms with Crippen molar-refractivity contribution in [3.05, 3.63) is 21.3 Å². The van der Waals surface area contributed by atoms with Crippen LogP contribution in [0.4, 0.5) is 0 Å². The van der Waals surface area contributed by atoms with Crippen LogP contribution in [0.15, 0.2) is 12.1 Å². The van der Waals surface area contributed by atoms with Crippen LogP contribution in [-0.4, -0.2) is 12.1 Å². The van der Waals surface area contributed by atoms with Crippen molar-refractivity contribution >= 4 is 22.9 Å². The van der Waals surface area contributed by atoms with Crippen LogP contribution < -0.4 is 5.32 Å². The first kappa shape index (κ1) is 15.0. The SMILES string of the molecule is CC(CNC(C)(C)C)C(C)Cc1ccc(Cl)s1. The van der Waals surface area contributed by atoms with Gasteiger partial charge in [0, 0.05) is 10.4 Å². The Morgan fingerprint density at radius 2 is 1.88 bits per heavy atom. The van der Waals surface area contributed by atoms with Crippen LogP contribution >= 0.6 is 22.9 Å². The van der Waals surface area contributed by atoms with Crippen LogP contribution in [-0.2, 0) is 6.42 Å². The van der Waals surface area contributed by atoms with Crippen molar-refractivity contribution in [2.24, 2.45) is 11.8 Å². The molecule has 0 amide bonds. The predicted octanol–water partition coefficient (Wildman–Crippen LogP) is 4.60. The van der Waals surface area contributed by atoms with Crippen molar-refractivity contribution in [3.8, 4) is 0 Å². The van der Waals surface area contributed by atoms with Gasteiger partial charge in [-0.1, -0.05) is 25.4 Å². The maximum Gasteiger partial charge on any atom is 0.0931 e. The molecule has 2 atom stereocenters. The second kappa shape index (κ2) is 6.21. The lowest BCUT2D eigenvalue weighted by molar-refractivity contribution is 0.318. The molecule has 17 heavy (non-hydrogen) atoms. The Hall–Kier alpha value is -0.0500. The molecule has 2 unspecified atom stereocenters. The standard InChI is InChI=1S/C14H24ClNS/c1-10(8-12-6-7-13(15)17-12)11(2)9-16-14(3,4)5/h6-7,10-11,16H,8-9H2,1-5H3. The highest BCUT2D eigenvalue weighted by Crippen LogP contribution is 2.26. The van der Waals surface area contributed by atoms with E-state index in [9.17, 15) is 0 Å². The van der Waals surface area contributed by atoms with Gasteiger partial charge >= 0.3 is 0 Å². The number of halogens is 1. The van der Waals surface area contributed by atoms with Gasteiger partial charge in [0.2, 0.25) is 0 Å². The lowest BCUT2D eigenvalue weighted by Gasteiger charge is -2.26. The Balaban J connectivity index is 2.39. The third-order valence-corrected chi connectivity index (χ3v) is 4.33. The summed E-state index contributed by atoms with van der Waals surface area (Å²) in [6, 6.07) is 4.14. The molecule has 1 heterocycles. The normalized spacial score (nSPS) is 15.9. The van der Waals surface area contributed by atoms with E-state index in [4.69, 9.17) is 11.6 Å². The molecule has 0 saturated heterocycles. The largest absolute Gasteiger partial charge is 0.312 e. The van der Waals surface area contributed by atoms with Gasteiger partial charge in [0.05, 0.1) is 4.34 Å². The molecule has 0 aliphatic heterocycles. The Kier molecular flexibility index (Phi) is 5.49. The highest BCUT2D eigenvalue weighted by molar-refractivity contribution is 7.16. The van der Waals surface area contributed by atoms with E-state index >= 15 is 0 Å². The quantitative estimate of drug-likeness (QED) is 0.826. The molecule has 98 valence electrons. The topological polar surface area (TPSA) is 12.0 Å². The monoisotopic (exact) mass is 273 g/mol. The van der Waals surface area contributed by atoms with Crippen molar-refractivity contribution in [1.82, 2.24) is 5.32 Å². The molecule has 3 heteroatoms. The van der Waals surface area contributed by atoms with E-state index in [0.29, 0.717) is 11.8 Å². The van der Waals surface area contributed by atoms with Crippen molar-refractivity contribution in [1.29, 1.82) is 0 Å². The molecule has 1 N–H and O–H groups in total. The van der Waals surface area contributed by atoms with Gasteiger partial charge in [0.1, 0.15) is 0 Å². The van der Waals surface area contributed by atoms with Crippen LogP contribution in [0.2, 0.25) is 4.34 Å². The van der Waals surface area contributed by atoms with Crippen LogP contribution in [0.25, 0.3) is 0 Å². The first-order valence-electron chi connectivity index (χ1n) is 6.27. The van der Waals surface area contributed by atoms with Gasteiger partial charge in [0.25, 0.3) is 0 Å². The molecule has 0 aliphatic rings. The zero-order valence-electron chi connectivity index (χ0n) is 11.5. The molecular weight excluding hydrogens is 250 g/mol. The average molecular weight is 274 g/mol. The number of rotatable bonds is 5. The Labute approximate surface area is 115 Å². The van der Waals surface area contributed by atoms with Crippen molar-refractivity contribution < 1.29 is 0 Å². The molecular formula is C14H24ClNS. The summed E-state index contributed by atoms with van der Waals surface area (Å²) >= 11 is 7.65. The molecule has 1 nitrogen and oxygen atoms in total. The predicted molar refractivity (Wildman–Crippen MR) is 79.1 cm³/mol. The van der Waals surface area contributed by atoms with Crippen LogP contribution in [0.3, 0.4) is 0 Å². The van der Waals surface area contributed by atoms with Crippen molar-refractivity contribution in [2.75, 3.05) is 6.54 Å². The summed E-state index contributed by atoms with van der Waals surface area (Å²) in [5.74, 6) is 1.36. The molecule has 0 bridgehead atoms. The smallest absolute Gasteiger partial charge is 0.0931 e. The van der Waals surface area contributed by atoms with E-state index in [1.807, 2.05) is 6.07 Å². The molecule has 0 spiro atoms. The molecule has 1 aromatic heterocycles. The molecule has 0 saturated carbocycles. The number of hydrogen-bond donors (Lipinski definition) is 1. The fraction of sp³-hybridized carbons (Fsp3) is 0.714. The summed E-state index contributed by atoms with van der Waals surface area (Å²) < 4.78 is 0.896. The molecule has 1 aromatic rings. The van der Waals surface area contributed by atoms with E-state index in [0.717, 1.165) is 17.3 Å². The van der Waals surface area contributed by atoms with Crippen molar-refractivity contribution in [3.63, 3.8) is 0 Å². The highest BCUT2D eigenvalue weighted by Gasteiger charge is 2.16. The van der Waals surface area contributed by atoms with Gasteiger partial charge in [-0.05, 0) is 57.7 Å². The van der Waals surface area contributed by atoms with Gasteiger partial charge in [-0.2, -0.15) is 0 Å². The third-order valence-electron chi connectivity index (χ3n) is 3.08. The maximum atomic E-state index is 5.95. The van der Waals surface area contributed by atoms with Gasteiger partial charge in [0.15, 0.2) is 0 Å². The van der Waals surface area contributed by atoms with Crippen LogP contribution in [0.5, 0.6) is 0 Å². The number of hydrogen-bond acceptors (Lipinski definition) is 2. The summed E-state index contributed by atoms with van der Waals surface area (Å²) in [4.78, 5) is 1.39. The van der Waals surface area contributed by atoms with Gasteiger partial charge in [-0.3, -0.25) is 0 Å². The molecule has 0 radical (unpaired) electrons. The minimum atomic E-state index is 0.209. The summed E-state index contributed by atoms with van der Waals surface area (Å²) in [5.41, 5.74) is 0.209. The zero-order chi connectivity index (χ0) is 13.1. The van der Waals surface area contributed by atoms with E-state index in [1.165, 1.54) is 4.88 Å². The zero-order valence-corrected chi connectivity index (χ0v) is 13.1. The Morgan fingerprint density at radius 3 is 2.35 bits per heavy atom. The fourth-order valence-electron chi connectivity index (χ4n) is 1.65. The lowest BCUT2D eigenvalue weighted by Crippen LogP contribution is -2.40. The average Bonchev–Trinajstić information content (AvgIpc) is 2.59. The van der Waals surface area contributed by atoms with E-state index in [1.54, 1.807) is 11.3 Å². The second-order valence-electron chi connectivity index (χ2n) is 6.00. The Morgan fingerprint density at radius 1 is 1.24 bits per heavy atom. The van der Waals surface area contributed by atoms with Crippen LogP contribution in [0, 0.1) is 11.8 Å².